The number of nitrogens with zero attached hydrogens (tertiary/aromatic N) is 3. The average Bonchev–Trinajstić information content (AvgIpc) is 3.09. The quantitative estimate of drug-likeness (QED) is 0.287. The summed E-state index contributed by atoms with van der Waals surface area (Å²) >= 11 is 5.19. The molecule has 0 fully saturated rings. The monoisotopic (exact) mass is 483 g/mol. The number of aliphatic imine (C=N–C) groups is 1. The van der Waals surface area contributed by atoms with E-state index in [2.05, 4.69) is 48.8 Å². The minimum Gasteiger partial charge on any atom is -0.356 e. The highest BCUT2D eigenvalue weighted by molar-refractivity contribution is 14.0. The molecule has 0 saturated heterocycles. The van der Waals surface area contributed by atoms with Crippen molar-refractivity contribution in [3.63, 3.8) is 0 Å². The van der Waals surface area contributed by atoms with Gasteiger partial charge in [0.05, 0.1) is 10.3 Å². The van der Waals surface area contributed by atoms with Crippen LogP contribution in [0.3, 0.4) is 0 Å². The van der Waals surface area contributed by atoms with Crippen LogP contribution in [0.25, 0.3) is 0 Å². The number of hydrogen-bond acceptors (Lipinski definition) is 3. The lowest BCUT2D eigenvalue weighted by molar-refractivity contribution is 0.570. The van der Waals surface area contributed by atoms with E-state index in [4.69, 9.17) is 0 Å². The molecule has 2 N–H and O–H groups in total. The van der Waals surface area contributed by atoms with Crippen molar-refractivity contribution in [3.05, 3.63) is 39.3 Å². The lowest BCUT2D eigenvalue weighted by atomic mass is 10.4. The van der Waals surface area contributed by atoms with Crippen LogP contribution in [0.15, 0.2) is 39.4 Å². The van der Waals surface area contributed by atoms with Crippen LogP contribution in [0.1, 0.15) is 11.3 Å². The zero-order valence-electron chi connectivity index (χ0n) is 11.8. The Kier molecular flexibility index (Phi) is 8.93. The first-order chi connectivity index (χ1) is 9.78. The number of aryl methyl sites for hydroxylation is 1. The van der Waals surface area contributed by atoms with Gasteiger partial charge in [0.1, 0.15) is 0 Å². The maximum absolute atomic E-state index is 4.21. The fourth-order valence-electron chi connectivity index (χ4n) is 1.72. The molecule has 0 spiro atoms. The van der Waals surface area contributed by atoms with Crippen LogP contribution in [0.5, 0.6) is 0 Å². The van der Waals surface area contributed by atoms with E-state index in [1.165, 1.54) is 4.88 Å². The molecule has 0 bridgehead atoms. The van der Waals surface area contributed by atoms with Gasteiger partial charge < -0.3 is 10.6 Å². The van der Waals surface area contributed by atoms with E-state index in [9.17, 15) is 0 Å². The van der Waals surface area contributed by atoms with E-state index < -0.39 is 0 Å². The smallest absolute Gasteiger partial charge is 0.191 e. The fourth-order valence-corrected chi connectivity index (χ4v) is 3.14. The van der Waals surface area contributed by atoms with E-state index in [0.717, 1.165) is 35.8 Å². The van der Waals surface area contributed by atoms with Crippen molar-refractivity contribution in [2.24, 2.45) is 4.99 Å². The van der Waals surface area contributed by atoms with Gasteiger partial charge in [0.15, 0.2) is 5.96 Å². The lowest BCUT2D eigenvalue weighted by Crippen LogP contribution is -2.37. The second-order valence-electron chi connectivity index (χ2n) is 4.18. The number of rotatable bonds is 6. The second-order valence-corrected chi connectivity index (χ2v) is 6.73. The molecule has 0 saturated carbocycles. The number of nitrogens with one attached hydrogen (secondary N) is 2. The van der Waals surface area contributed by atoms with Crippen LogP contribution < -0.4 is 10.6 Å². The molecular formula is C13H19BrIN5S. The molecule has 2 rings (SSSR count). The summed E-state index contributed by atoms with van der Waals surface area (Å²) in [7, 11) is 1.78. The molecule has 0 atom stereocenters. The van der Waals surface area contributed by atoms with Gasteiger partial charge in [-0.05, 0) is 40.5 Å². The van der Waals surface area contributed by atoms with E-state index >= 15 is 0 Å². The average molecular weight is 484 g/mol. The molecule has 2 heterocycles. The van der Waals surface area contributed by atoms with Gasteiger partial charge in [-0.1, -0.05) is 0 Å². The molecule has 8 heteroatoms. The summed E-state index contributed by atoms with van der Waals surface area (Å²) in [6.07, 6.45) is 4.78. The molecule has 21 heavy (non-hydrogen) atoms. The van der Waals surface area contributed by atoms with E-state index in [1.54, 1.807) is 24.6 Å². The van der Waals surface area contributed by atoms with Gasteiger partial charge in [-0.25, -0.2) is 0 Å². The Morgan fingerprint density at radius 1 is 1.43 bits per heavy atom. The van der Waals surface area contributed by atoms with E-state index in [0.29, 0.717) is 0 Å². The Hall–Kier alpha value is -0.610. The number of halogens is 2. The summed E-state index contributed by atoms with van der Waals surface area (Å²) in [5, 5.41) is 10.8. The molecule has 0 amide bonds. The molecule has 116 valence electrons. The van der Waals surface area contributed by atoms with Gasteiger partial charge in [-0.2, -0.15) is 5.10 Å². The number of thiophene rings is 1. The first-order valence-corrected chi connectivity index (χ1v) is 8.05. The Morgan fingerprint density at radius 2 is 2.29 bits per heavy atom. The first-order valence-electron chi connectivity index (χ1n) is 6.44. The Labute approximate surface area is 154 Å². The summed E-state index contributed by atoms with van der Waals surface area (Å²) in [5.74, 6) is 0.829. The predicted octanol–water partition coefficient (Wildman–Crippen LogP) is 3.08. The van der Waals surface area contributed by atoms with Crippen molar-refractivity contribution in [2.45, 2.75) is 19.5 Å². The number of guanidine groups is 1. The Bertz CT molecular complexity index is 541. The van der Waals surface area contributed by atoms with Gasteiger partial charge in [0.25, 0.3) is 0 Å². The molecule has 0 aromatic carbocycles. The zero-order valence-corrected chi connectivity index (χ0v) is 16.5. The van der Waals surface area contributed by atoms with Gasteiger partial charge in [-0.15, -0.1) is 35.3 Å². The molecule has 0 aliphatic heterocycles. The van der Waals surface area contributed by atoms with Crippen molar-refractivity contribution in [2.75, 3.05) is 13.6 Å². The second kappa shape index (κ2) is 10.2. The predicted molar refractivity (Wildman–Crippen MR) is 102 cm³/mol. The first kappa shape index (κ1) is 18.4. The molecule has 5 nitrogen and oxygen atoms in total. The topological polar surface area (TPSA) is 54.2 Å². The van der Waals surface area contributed by atoms with Crippen molar-refractivity contribution in [1.82, 2.24) is 20.4 Å². The van der Waals surface area contributed by atoms with Crippen LogP contribution in [0.2, 0.25) is 0 Å². The summed E-state index contributed by atoms with van der Waals surface area (Å²) in [6.45, 7) is 2.57. The van der Waals surface area contributed by atoms with Crippen LogP contribution in [-0.2, 0) is 13.1 Å². The highest BCUT2D eigenvalue weighted by atomic mass is 127. The SMILES string of the molecule is CN=C(NCCCn1cccn1)NCc1ccc(Br)s1.I. The summed E-state index contributed by atoms with van der Waals surface area (Å²) in [6, 6.07) is 6.10. The maximum Gasteiger partial charge on any atom is 0.191 e. The number of hydrogen-bond donors (Lipinski definition) is 2. The van der Waals surface area contributed by atoms with E-state index in [-0.39, 0.29) is 24.0 Å². The Balaban J connectivity index is 0.00000220. The van der Waals surface area contributed by atoms with Crippen molar-refractivity contribution in [3.8, 4) is 0 Å². The largest absolute Gasteiger partial charge is 0.356 e. The maximum atomic E-state index is 4.21. The standard InChI is InChI=1S/C13H18BrN5S.HI/c1-15-13(17-10-11-4-5-12(14)20-11)16-6-2-8-19-9-3-7-18-19;/h3-5,7,9H,2,6,8,10H2,1H3,(H2,15,16,17);1H. The third-order valence-corrected chi connectivity index (χ3v) is 4.32. The molecule has 2 aromatic rings. The summed E-state index contributed by atoms with van der Waals surface area (Å²) in [4.78, 5) is 5.48. The molecule has 0 aliphatic rings. The molecule has 0 unspecified atom stereocenters. The molecule has 2 aromatic heterocycles. The molecular weight excluding hydrogens is 465 g/mol. The highest BCUT2D eigenvalue weighted by Crippen LogP contribution is 2.21. The van der Waals surface area contributed by atoms with Crippen LogP contribution in [0, 0.1) is 0 Å². The minimum atomic E-state index is 0. The Morgan fingerprint density at radius 3 is 2.90 bits per heavy atom. The zero-order chi connectivity index (χ0) is 14.2. The summed E-state index contributed by atoms with van der Waals surface area (Å²) in [5.41, 5.74) is 0. The third kappa shape index (κ3) is 6.79. The third-order valence-electron chi connectivity index (χ3n) is 2.70. The van der Waals surface area contributed by atoms with Gasteiger partial charge in [0.2, 0.25) is 0 Å². The molecule has 0 aliphatic carbocycles. The molecule has 0 radical (unpaired) electrons. The van der Waals surface area contributed by atoms with Crippen molar-refractivity contribution >= 4 is 57.2 Å². The normalized spacial score (nSPS) is 11.0. The van der Waals surface area contributed by atoms with Crippen LogP contribution in [-0.4, -0.2) is 29.3 Å². The van der Waals surface area contributed by atoms with Crippen molar-refractivity contribution in [1.29, 1.82) is 0 Å². The van der Waals surface area contributed by atoms with Crippen LogP contribution in [0.4, 0.5) is 0 Å². The minimum absolute atomic E-state index is 0. The number of aromatic nitrogens is 2. The van der Waals surface area contributed by atoms with Gasteiger partial charge in [0, 0.05) is 37.4 Å². The van der Waals surface area contributed by atoms with Crippen LogP contribution >= 0.6 is 51.2 Å². The van der Waals surface area contributed by atoms with Gasteiger partial charge in [-0.3, -0.25) is 9.67 Å². The van der Waals surface area contributed by atoms with E-state index in [1.807, 2.05) is 16.9 Å². The van der Waals surface area contributed by atoms with Gasteiger partial charge >= 0.3 is 0 Å². The summed E-state index contributed by atoms with van der Waals surface area (Å²) < 4.78 is 3.08. The lowest BCUT2D eigenvalue weighted by Gasteiger charge is -2.11. The fraction of sp³-hybridized carbons (Fsp3) is 0.385. The van der Waals surface area contributed by atoms with Crippen molar-refractivity contribution < 1.29 is 0 Å². The highest BCUT2D eigenvalue weighted by Gasteiger charge is 2.00.